The van der Waals surface area contributed by atoms with E-state index in [1.807, 2.05) is 7.05 Å². The molecule has 0 aromatic heterocycles. The zero-order chi connectivity index (χ0) is 7.28. The highest BCUT2D eigenvalue weighted by Crippen LogP contribution is 1.85. The van der Waals surface area contributed by atoms with Crippen LogP contribution >= 0.6 is 0 Å². The number of nitrogens with one attached hydrogen (secondary N) is 1. The minimum Gasteiger partial charge on any atom is -0.326 e. The Bertz CT molecular complexity index is 93.1. The van der Waals surface area contributed by atoms with Gasteiger partial charge in [-0.05, 0) is 14.0 Å². The van der Waals surface area contributed by atoms with Crippen LogP contribution in [0.1, 0.15) is 13.3 Å². The Morgan fingerprint density at radius 1 is 1.78 bits per heavy atom. The summed E-state index contributed by atoms with van der Waals surface area (Å²) in [5, 5.41) is 2.90. The maximum Gasteiger partial charge on any atom is 0.131 e. The van der Waals surface area contributed by atoms with Crippen LogP contribution in [-0.4, -0.2) is 25.4 Å². The summed E-state index contributed by atoms with van der Waals surface area (Å²) in [4.78, 5) is 10.4. The predicted octanol–water partition coefficient (Wildman–Crippen LogP) is -0.488. The second-order valence-corrected chi connectivity index (χ2v) is 2.22. The molecule has 3 heteroatoms. The van der Waals surface area contributed by atoms with Crippen molar-refractivity contribution in [3.63, 3.8) is 0 Å². The predicted molar refractivity (Wildman–Crippen MR) is 37.2 cm³/mol. The molecule has 0 aliphatic heterocycles. The van der Waals surface area contributed by atoms with Crippen molar-refractivity contribution in [1.29, 1.82) is 0 Å². The lowest BCUT2D eigenvalue weighted by Gasteiger charge is -2.06. The summed E-state index contributed by atoms with van der Waals surface area (Å²) in [6.07, 6.45) is 0.473. The number of hydrogen-bond acceptors (Lipinski definition) is 3. The van der Waals surface area contributed by atoms with Gasteiger partial charge in [-0.25, -0.2) is 0 Å². The van der Waals surface area contributed by atoms with Crippen molar-refractivity contribution in [2.45, 2.75) is 19.4 Å². The molecule has 1 atom stereocenters. The lowest BCUT2D eigenvalue weighted by atomic mass is 10.2. The Morgan fingerprint density at radius 3 is 2.67 bits per heavy atom. The van der Waals surface area contributed by atoms with E-state index in [0.717, 1.165) is 0 Å². The van der Waals surface area contributed by atoms with Crippen LogP contribution in [0.4, 0.5) is 0 Å². The van der Waals surface area contributed by atoms with Gasteiger partial charge in [0.1, 0.15) is 5.78 Å². The van der Waals surface area contributed by atoms with Gasteiger partial charge >= 0.3 is 0 Å². The largest absolute Gasteiger partial charge is 0.326 e. The van der Waals surface area contributed by atoms with Crippen molar-refractivity contribution < 1.29 is 4.79 Å². The maximum absolute atomic E-state index is 10.4. The minimum atomic E-state index is -0.0208. The summed E-state index contributed by atoms with van der Waals surface area (Å²) >= 11 is 0. The molecule has 0 amide bonds. The van der Waals surface area contributed by atoms with Crippen LogP contribution in [0.3, 0.4) is 0 Å². The molecule has 0 saturated carbocycles. The third kappa shape index (κ3) is 5.46. The molecule has 0 heterocycles. The SMILES string of the molecule is CNCC(N)CC(C)=O. The lowest BCUT2D eigenvalue weighted by molar-refractivity contribution is -0.117. The van der Waals surface area contributed by atoms with Gasteiger partial charge in [0, 0.05) is 19.0 Å². The van der Waals surface area contributed by atoms with Gasteiger partial charge in [0.2, 0.25) is 0 Å². The first-order chi connectivity index (χ1) is 4.16. The average Bonchev–Trinajstić information content (AvgIpc) is 1.63. The molecule has 0 aromatic rings. The summed E-state index contributed by atoms with van der Waals surface area (Å²) in [6, 6.07) is -0.0208. The zero-order valence-corrected chi connectivity index (χ0v) is 5.98. The van der Waals surface area contributed by atoms with Crippen molar-refractivity contribution >= 4 is 5.78 Å². The molecule has 0 aliphatic rings. The highest BCUT2D eigenvalue weighted by molar-refractivity contribution is 5.76. The van der Waals surface area contributed by atoms with E-state index in [4.69, 9.17) is 5.73 Å². The molecule has 3 N–H and O–H groups in total. The smallest absolute Gasteiger partial charge is 0.131 e. The van der Waals surface area contributed by atoms with E-state index in [2.05, 4.69) is 5.32 Å². The first-order valence-corrected chi connectivity index (χ1v) is 3.06. The van der Waals surface area contributed by atoms with Gasteiger partial charge in [0.05, 0.1) is 0 Å². The van der Waals surface area contributed by atoms with Gasteiger partial charge in [0.25, 0.3) is 0 Å². The van der Waals surface area contributed by atoms with Crippen molar-refractivity contribution in [2.75, 3.05) is 13.6 Å². The normalized spacial score (nSPS) is 13.2. The summed E-state index contributed by atoms with van der Waals surface area (Å²) < 4.78 is 0. The van der Waals surface area contributed by atoms with Gasteiger partial charge in [-0.3, -0.25) is 4.79 Å². The van der Waals surface area contributed by atoms with E-state index < -0.39 is 0 Å². The molecule has 54 valence electrons. The number of hydrogen-bond donors (Lipinski definition) is 2. The molecule has 0 fully saturated rings. The molecule has 0 saturated heterocycles. The average molecular weight is 130 g/mol. The Balaban J connectivity index is 3.26. The Morgan fingerprint density at radius 2 is 2.33 bits per heavy atom. The molecule has 0 radical (unpaired) electrons. The number of Topliss-reactive ketones (excluding diaryl/α,β-unsaturated/α-hetero) is 1. The molecular weight excluding hydrogens is 116 g/mol. The molecular formula is C6H14N2O. The Kier molecular flexibility index (Phi) is 4.26. The van der Waals surface area contributed by atoms with Crippen molar-refractivity contribution in [2.24, 2.45) is 5.73 Å². The lowest BCUT2D eigenvalue weighted by Crippen LogP contribution is -2.33. The molecule has 0 aliphatic carbocycles. The van der Waals surface area contributed by atoms with Crippen LogP contribution < -0.4 is 11.1 Å². The van der Waals surface area contributed by atoms with E-state index in [-0.39, 0.29) is 11.8 Å². The van der Waals surface area contributed by atoms with Gasteiger partial charge in [-0.2, -0.15) is 0 Å². The Hall–Kier alpha value is -0.410. The number of nitrogens with two attached hydrogens (primary N) is 1. The molecule has 0 rings (SSSR count). The number of likely N-dealkylation sites (N-methyl/N-ethyl adjacent to an activating group) is 1. The standard InChI is InChI=1S/C6H14N2O/c1-5(9)3-6(7)4-8-2/h6,8H,3-4,7H2,1-2H3. The molecule has 0 bridgehead atoms. The first-order valence-electron chi connectivity index (χ1n) is 3.06. The number of ketones is 1. The monoisotopic (exact) mass is 130 g/mol. The van der Waals surface area contributed by atoms with E-state index >= 15 is 0 Å². The number of carbonyl (C=O) groups excluding carboxylic acids is 1. The molecule has 0 aromatic carbocycles. The van der Waals surface area contributed by atoms with E-state index in [1.165, 1.54) is 0 Å². The number of carbonyl (C=O) groups is 1. The van der Waals surface area contributed by atoms with Crippen LogP contribution in [0.25, 0.3) is 0 Å². The van der Waals surface area contributed by atoms with Crippen LogP contribution in [0.5, 0.6) is 0 Å². The molecule has 3 nitrogen and oxygen atoms in total. The van der Waals surface area contributed by atoms with Crippen molar-refractivity contribution in [3.05, 3.63) is 0 Å². The summed E-state index contributed by atoms with van der Waals surface area (Å²) in [6.45, 7) is 2.26. The minimum absolute atomic E-state index is 0.0208. The molecule has 9 heavy (non-hydrogen) atoms. The van der Waals surface area contributed by atoms with Gasteiger partial charge < -0.3 is 11.1 Å². The fourth-order valence-corrected chi connectivity index (χ4v) is 0.704. The molecule has 1 unspecified atom stereocenters. The topological polar surface area (TPSA) is 55.1 Å². The highest BCUT2D eigenvalue weighted by atomic mass is 16.1. The van der Waals surface area contributed by atoms with E-state index in [1.54, 1.807) is 6.92 Å². The maximum atomic E-state index is 10.4. The van der Waals surface area contributed by atoms with Crippen LogP contribution in [0.2, 0.25) is 0 Å². The van der Waals surface area contributed by atoms with Crippen molar-refractivity contribution in [3.8, 4) is 0 Å². The zero-order valence-electron chi connectivity index (χ0n) is 5.98. The molecule has 0 spiro atoms. The van der Waals surface area contributed by atoms with Crippen LogP contribution in [0.15, 0.2) is 0 Å². The van der Waals surface area contributed by atoms with Crippen LogP contribution in [0, 0.1) is 0 Å². The summed E-state index contributed by atoms with van der Waals surface area (Å²) in [5.74, 6) is 0.151. The van der Waals surface area contributed by atoms with Crippen LogP contribution in [-0.2, 0) is 4.79 Å². The number of rotatable bonds is 4. The van der Waals surface area contributed by atoms with Crippen molar-refractivity contribution in [1.82, 2.24) is 5.32 Å². The van der Waals surface area contributed by atoms with E-state index in [0.29, 0.717) is 13.0 Å². The van der Waals surface area contributed by atoms with Gasteiger partial charge in [-0.1, -0.05) is 0 Å². The first kappa shape index (κ1) is 8.59. The third-order valence-corrected chi connectivity index (χ3v) is 1.02. The van der Waals surface area contributed by atoms with Gasteiger partial charge in [-0.15, -0.1) is 0 Å². The Labute approximate surface area is 55.6 Å². The second-order valence-electron chi connectivity index (χ2n) is 2.22. The fourth-order valence-electron chi connectivity index (χ4n) is 0.704. The summed E-state index contributed by atoms with van der Waals surface area (Å²) in [5.41, 5.74) is 5.50. The third-order valence-electron chi connectivity index (χ3n) is 1.02. The highest BCUT2D eigenvalue weighted by Gasteiger charge is 2.02. The van der Waals surface area contributed by atoms with Gasteiger partial charge in [0.15, 0.2) is 0 Å². The quantitative estimate of drug-likeness (QED) is 0.540. The second kappa shape index (κ2) is 4.47. The summed E-state index contributed by atoms with van der Waals surface area (Å²) in [7, 11) is 1.82. The van der Waals surface area contributed by atoms with E-state index in [9.17, 15) is 4.79 Å². The fraction of sp³-hybridized carbons (Fsp3) is 0.833.